The van der Waals surface area contributed by atoms with E-state index in [2.05, 4.69) is 22.1 Å². The Morgan fingerprint density at radius 3 is 3.09 bits per heavy atom. The fraction of sp³-hybridized carbons (Fsp3) is 0.267. The van der Waals surface area contributed by atoms with Gasteiger partial charge < -0.3 is 14.6 Å². The fourth-order valence-electron chi connectivity index (χ4n) is 1.79. The van der Waals surface area contributed by atoms with Crippen LogP contribution in [0.1, 0.15) is 6.92 Å². The zero-order valence-electron chi connectivity index (χ0n) is 12.4. The molecule has 2 rings (SSSR count). The van der Waals surface area contributed by atoms with Gasteiger partial charge in [0.25, 0.3) is 0 Å². The average molecular weight is 318 g/mol. The molecule has 0 unspecified atom stereocenters. The van der Waals surface area contributed by atoms with Crippen LogP contribution in [0, 0.1) is 0 Å². The Morgan fingerprint density at radius 2 is 2.32 bits per heavy atom. The van der Waals surface area contributed by atoms with Crippen molar-refractivity contribution in [1.29, 1.82) is 0 Å². The summed E-state index contributed by atoms with van der Waals surface area (Å²) in [6.07, 6.45) is 3.37. The van der Waals surface area contributed by atoms with E-state index in [0.29, 0.717) is 29.7 Å². The average Bonchev–Trinajstić information content (AvgIpc) is 2.95. The van der Waals surface area contributed by atoms with Gasteiger partial charge in [-0.1, -0.05) is 30.0 Å². The molecule has 1 aromatic heterocycles. The lowest BCUT2D eigenvalue weighted by atomic mass is 10.3. The quantitative estimate of drug-likeness (QED) is 0.598. The fourth-order valence-corrected chi connectivity index (χ4v) is 2.51. The molecule has 2 aromatic rings. The molecule has 116 valence electrons. The van der Waals surface area contributed by atoms with E-state index < -0.39 is 0 Å². The van der Waals surface area contributed by atoms with Crippen LogP contribution >= 0.6 is 11.8 Å². The molecule has 0 aliphatic carbocycles. The Kier molecular flexibility index (Phi) is 6.02. The highest BCUT2D eigenvalue weighted by atomic mass is 32.2. The van der Waals surface area contributed by atoms with Crippen molar-refractivity contribution >= 4 is 23.4 Å². The van der Waals surface area contributed by atoms with Gasteiger partial charge in [0, 0.05) is 6.54 Å². The number of thioether (sulfide) groups is 1. The van der Waals surface area contributed by atoms with E-state index in [1.807, 2.05) is 35.8 Å². The number of nitrogens with zero attached hydrogens (tertiary/aromatic N) is 3. The van der Waals surface area contributed by atoms with Gasteiger partial charge in [-0.3, -0.25) is 4.79 Å². The Bertz CT molecular complexity index is 642. The van der Waals surface area contributed by atoms with Gasteiger partial charge in [0.15, 0.2) is 5.16 Å². The highest BCUT2D eigenvalue weighted by Gasteiger charge is 2.10. The first kappa shape index (κ1) is 16.1. The molecular formula is C15H18N4O2S. The molecular weight excluding hydrogens is 300 g/mol. The summed E-state index contributed by atoms with van der Waals surface area (Å²) < 4.78 is 7.31. The lowest BCUT2D eigenvalue weighted by molar-refractivity contribution is -0.113. The van der Waals surface area contributed by atoms with Gasteiger partial charge in [-0.2, -0.15) is 0 Å². The number of nitrogens with one attached hydrogen (secondary N) is 1. The number of hydrogen-bond acceptors (Lipinski definition) is 5. The van der Waals surface area contributed by atoms with Crippen LogP contribution in [-0.2, 0) is 11.3 Å². The molecule has 0 bridgehead atoms. The van der Waals surface area contributed by atoms with Gasteiger partial charge in [0.1, 0.15) is 12.1 Å². The van der Waals surface area contributed by atoms with Crippen LogP contribution in [0.3, 0.4) is 0 Å². The summed E-state index contributed by atoms with van der Waals surface area (Å²) in [5, 5.41) is 11.4. The second kappa shape index (κ2) is 8.23. The summed E-state index contributed by atoms with van der Waals surface area (Å²) in [4.78, 5) is 12.1. The molecule has 1 amide bonds. The zero-order valence-corrected chi connectivity index (χ0v) is 13.2. The van der Waals surface area contributed by atoms with Crippen molar-refractivity contribution in [1.82, 2.24) is 14.8 Å². The van der Waals surface area contributed by atoms with Gasteiger partial charge in [-0.05, 0) is 19.1 Å². The van der Waals surface area contributed by atoms with Crippen LogP contribution in [0.5, 0.6) is 5.75 Å². The van der Waals surface area contributed by atoms with E-state index in [9.17, 15) is 4.79 Å². The first-order valence-electron chi connectivity index (χ1n) is 6.87. The zero-order chi connectivity index (χ0) is 15.8. The number of amides is 1. The SMILES string of the molecule is C=CCn1cnnc1SCC(=O)Nc1ccccc1OCC. The van der Waals surface area contributed by atoms with Crippen molar-refractivity contribution in [2.45, 2.75) is 18.6 Å². The van der Waals surface area contributed by atoms with Crippen molar-refractivity contribution in [2.24, 2.45) is 0 Å². The van der Waals surface area contributed by atoms with Gasteiger partial charge in [-0.15, -0.1) is 16.8 Å². The lowest BCUT2D eigenvalue weighted by Crippen LogP contribution is -2.15. The third kappa shape index (κ3) is 4.36. The highest BCUT2D eigenvalue weighted by molar-refractivity contribution is 7.99. The number of carbonyl (C=O) groups is 1. The second-order valence-corrected chi connectivity index (χ2v) is 5.26. The summed E-state index contributed by atoms with van der Waals surface area (Å²) in [6, 6.07) is 7.36. The molecule has 7 heteroatoms. The Hall–Kier alpha value is -2.28. The minimum absolute atomic E-state index is 0.120. The molecule has 0 fully saturated rings. The maximum atomic E-state index is 12.1. The van der Waals surface area contributed by atoms with Crippen LogP contribution in [0.15, 0.2) is 48.4 Å². The predicted molar refractivity (Wildman–Crippen MR) is 87.2 cm³/mol. The first-order valence-corrected chi connectivity index (χ1v) is 7.86. The van der Waals surface area contributed by atoms with Crippen molar-refractivity contribution < 1.29 is 9.53 Å². The molecule has 0 saturated carbocycles. The number of para-hydroxylation sites is 2. The maximum absolute atomic E-state index is 12.1. The van der Waals surface area contributed by atoms with Crippen molar-refractivity contribution in [2.75, 3.05) is 17.7 Å². The van der Waals surface area contributed by atoms with Gasteiger partial charge in [-0.25, -0.2) is 0 Å². The minimum atomic E-state index is -0.120. The molecule has 0 atom stereocenters. The molecule has 1 heterocycles. The topological polar surface area (TPSA) is 69.0 Å². The smallest absolute Gasteiger partial charge is 0.234 e. The van der Waals surface area contributed by atoms with Crippen LogP contribution in [0.4, 0.5) is 5.69 Å². The van der Waals surface area contributed by atoms with E-state index in [0.717, 1.165) is 0 Å². The Morgan fingerprint density at radius 1 is 1.50 bits per heavy atom. The molecule has 6 nitrogen and oxygen atoms in total. The predicted octanol–water partition coefficient (Wildman–Crippen LogP) is 2.59. The number of anilines is 1. The summed E-state index contributed by atoms with van der Waals surface area (Å²) in [7, 11) is 0. The molecule has 0 saturated heterocycles. The van der Waals surface area contributed by atoms with E-state index in [4.69, 9.17) is 4.74 Å². The van der Waals surface area contributed by atoms with E-state index >= 15 is 0 Å². The third-order valence-corrected chi connectivity index (χ3v) is 3.68. The molecule has 0 aliphatic rings. The number of benzene rings is 1. The second-order valence-electron chi connectivity index (χ2n) is 4.32. The standard InChI is InChI=1S/C15H18N4O2S/c1-3-9-19-11-16-18-15(19)22-10-14(20)17-12-7-5-6-8-13(12)21-4-2/h3,5-8,11H,1,4,9-10H2,2H3,(H,17,20). The highest BCUT2D eigenvalue weighted by Crippen LogP contribution is 2.24. The molecule has 1 N–H and O–H groups in total. The van der Waals surface area contributed by atoms with Crippen molar-refractivity contribution in [3.05, 3.63) is 43.2 Å². The summed E-state index contributed by atoms with van der Waals surface area (Å²) >= 11 is 1.33. The monoisotopic (exact) mass is 318 g/mol. The maximum Gasteiger partial charge on any atom is 0.234 e. The molecule has 22 heavy (non-hydrogen) atoms. The molecule has 1 aromatic carbocycles. The van der Waals surface area contributed by atoms with Gasteiger partial charge in [0.05, 0.1) is 18.0 Å². The van der Waals surface area contributed by atoms with Gasteiger partial charge in [0.2, 0.25) is 5.91 Å². The van der Waals surface area contributed by atoms with E-state index in [1.54, 1.807) is 12.4 Å². The van der Waals surface area contributed by atoms with Crippen LogP contribution in [0.25, 0.3) is 0 Å². The van der Waals surface area contributed by atoms with Crippen LogP contribution < -0.4 is 10.1 Å². The summed E-state index contributed by atoms with van der Waals surface area (Å²) in [5.41, 5.74) is 0.669. The number of carbonyl (C=O) groups excluding carboxylic acids is 1. The Labute approximate surface area is 133 Å². The van der Waals surface area contributed by atoms with Crippen molar-refractivity contribution in [3.63, 3.8) is 0 Å². The molecule has 0 radical (unpaired) electrons. The lowest BCUT2D eigenvalue weighted by Gasteiger charge is -2.11. The third-order valence-electron chi connectivity index (χ3n) is 2.70. The van der Waals surface area contributed by atoms with E-state index in [1.165, 1.54) is 11.8 Å². The number of hydrogen-bond donors (Lipinski definition) is 1. The molecule has 0 spiro atoms. The van der Waals surface area contributed by atoms with Crippen molar-refractivity contribution in [3.8, 4) is 5.75 Å². The number of rotatable bonds is 8. The summed E-state index contributed by atoms with van der Waals surface area (Å²) in [6.45, 7) is 6.74. The number of ether oxygens (including phenoxy) is 1. The van der Waals surface area contributed by atoms with E-state index in [-0.39, 0.29) is 11.7 Å². The molecule has 0 aliphatic heterocycles. The summed E-state index contributed by atoms with van der Waals surface area (Å²) in [5.74, 6) is 0.791. The first-order chi connectivity index (χ1) is 10.7. The Balaban J connectivity index is 1.93. The number of aromatic nitrogens is 3. The minimum Gasteiger partial charge on any atom is -0.492 e. The van der Waals surface area contributed by atoms with Gasteiger partial charge >= 0.3 is 0 Å². The number of allylic oxidation sites excluding steroid dienone is 1. The largest absolute Gasteiger partial charge is 0.492 e. The van der Waals surface area contributed by atoms with Crippen LogP contribution in [0.2, 0.25) is 0 Å². The normalized spacial score (nSPS) is 10.2. The van der Waals surface area contributed by atoms with Crippen LogP contribution in [-0.4, -0.2) is 33.0 Å².